The number of hydrogen-bond acceptors (Lipinski definition) is 4. The van der Waals surface area contributed by atoms with Crippen LogP contribution < -0.4 is 4.90 Å². The van der Waals surface area contributed by atoms with Crippen LogP contribution in [0.5, 0.6) is 0 Å². The molecule has 0 saturated heterocycles. The van der Waals surface area contributed by atoms with Crippen molar-refractivity contribution in [1.29, 1.82) is 0 Å². The molecule has 0 radical (unpaired) electrons. The quantitative estimate of drug-likeness (QED) is 0.822. The lowest BCUT2D eigenvalue weighted by molar-refractivity contribution is 0.284. The van der Waals surface area contributed by atoms with Gasteiger partial charge < -0.3 is 10.0 Å². The zero-order valence-corrected chi connectivity index (χ0v) is 13.0. The second-order valence-corrected chi connectivity index (χ2v) is 6.24. The first-order valence-electron chi connectivity index (χ1n) is 6.87. The Morgan fingerprint density at radius 1 is 1.28 bits per heavy atom. The lowest BCUT2D eigenvalue weighted by atomic mass is 10.1. The molecule has 18 heavy (non-hydrogen) atoms. The van der Waals surface area contributed by atoms with Gasteiger partial charge in [-0.3, -0.25) is 0 Å². The third-order valence-corrected chi connectivity index (χ3v) is 4.40. The standard InChI is InChI=1S/C14H26N2OS/c1-6-12(7-2)16(8-10(3)4)14-15-11(5)13(9-17)18-14/h10,12,17H,6-9H2,1-5H3. The molecule has 0 unspecified atom stereocenters. The molecule has 1 aromatic heterocycles. The van der Waals surface area contributed by atoms with Gasteiger partial charge in [0, 0.05) is 12.6 Å². The molecular formula is C14H26N2OS. The van der Waals surface area contributed by atoms with E-state index in [4.69, 9.17) is 0 Å². The summed E-state index contributed by atoms with van der Waals surface area (Å²) in [5, 5.41) is 10.4. The summed E-state index contributed by atoms with van der Waals surface area (Å²) in [5.74, 6) is 0.618. The molecule has 0 aliphatic rings. The van der Waals surface area contributed by atoms with Gasteiger partial charge in [-0.25, -0.2) is 4.98 Å². The second-order valence-electron chi connectivity index (χ2n) is 5.18. The van der Waals surface area contributed by atoms with Crippen molar-refractivity contribution in [3.8, 4) is 0 Å². The van der Waals surface area contributed by atoms with E-state index < -0.39 is 0 Å². The van der Waals surface area contributed by atoms with Gasteiger partial charge in [0.15, 0.2) is 5.13 Å². The molecule has 3 nitrogen and oxygen atoms in total. The molecule has 0 aromatic carbocycles. The number of aliphatic hydroxyl groups is 1. The molecule has 0 amide bonds. The minimum Gasteiger partial charge on any atom is -0.391 e. The number of aromatic nitrogens is 1. The molecule has 1 heterocycles. The summed E-state index contributed by atoms with van der Waals surface area (Å²) >= 11 is 1.63. The van der Waals surface area contributed by atoms with Crippen molar-refractivity contribution in [3.05, 3.63) is 10.6 Å². The van der Waals surface area contributed by atoms with Crippen LogP contribution >= 0.6 is 11.3 Å². The summed E-state index contributed by atoms with van der Waals surface area (Å²) in [7, 11) is 0. The lowest BCUT2D eigenvalue weighted by Crippen LogP contribution is -2.37. The number of aryl methyl sites for hydroxylation is 1. The topological polar surface area (TPSA) is 36.4 Å². The summed E-state index contributed by atoms with van der Waals surface area (Å²) in [6.07, 6.45) is 2.27. The van der Waals surface area contributed by atoms with Crippen LogP contribution in [0.4, 0.5) is 5.13 Å². The van der Waals surface area contributed by atoms with E-state index in [1.807, 2.05) is 6.92 Å². The Bertz CT molecular complexity index is 359. The van der Waals surface area contributed by atoms with Crippen molar-refractivity contribution in [2.75, 3.05) is 11.4 Å². The zero-order valence-electron chi connectivity index (χ0n) is 12.2. The van der Waals surface area contributed by atoms with Gasteiger partial charge in [0.25, 0.3) is 0 Å². The second kappa shape index (κ2) is 7.10. The van der Waals surface area contributed by atoms with E-state index in [1.165, 1.54) is 0 Å². The maximum atomic E-state index is 9.30. The van der Waals surface area contributed by atoms with Crippen molar-refractivity contribution in [3.63, 3.8) is 0 Å². The van der Waals surface area contributed by atoms with Crippen LogP contribution in [0.2, 0.25) is 0 Å². The molecule has 0 aliphatic heterocycles. The van der Waals surface area contributed by atoms with E-state index in [0.717, 1.165) is 35.1 Å². The Morgan fingerprint density at radius 3 is 2.28 bits per heavy atom. The molecule has 1 N–H and O–H groups in total. The summed E-state index contributed by atoms with van der Waals surface area (Å²) in [6, 6.07) is 0.546. The largest absolute Gasteiger partial charge is 0.391 e. The van der Waals surface area contributed by atoms with E-state index in [1.54, 1.807) is 11.3 Å². The minimum absolute atomic E-state index is 0.0991. The lowest BCUT2D eigenvalue weighted by Gasteiger charge is -2.31. The van der Waals surface area contributed by atoms with Crippen LogP contribution in [0, 0.1) is 12.8 Å². The van der Waals surface area contributed by atoms with Crippen molar-refractivity contribution in [1.82, 2.24) is 4.98 Å². The van der Waals surface area contributed by atoms with E-state index in [9.17, 15) is 5.11 Å². The highest BCUT2D eigenvalue weighted by atomic mass is 32.1. The van der Waals surface area contributed by atoms with Crippen LogP contribution in [0.15, 0.2) is 0 Å². The third-order valence-electron chi connectivity index (χ3n) is 3.22. The van der Waals surface area contributed by atoms with E-state index in [-0.39, 0.29) is 6.61 Å². The summed E-state index contributed by atoms with van der Waals surface area (Å²) in [5.41, 5.74) is 0.970. The van der Waals surface area contributed by atoms with Crippen molar-refractivity contribution >= 4 is 16.5 Å². The average molecular weight is 270 g/mol. The first-order chi connectivity index (χ1) is 8.53. The van der Waals surface area contributed by atoms with E-state index >= 15 is 0 Å². The number of anilines is 1. The van der Waals surface area contributed by atoms with Crippen molar-refractivity contribution in [2.45, 2.75) is 60.1 Å². The van der Waals surface area contributed by atoms with Gasteiger partial charge in [-0.2, -0.15) is 0 Å². The van der Waals surface area contributed by atoms with E-state index in [2.05, 4.69) is 37.6 Å². The molecule has 1 rings (SSSR count). The molecule has 0 aliphatic carbocycles. The number of thiazole rings is 1. The fourth-order valence-electron chi connectivity index (χ4n) is 2.19. The summed E-state index contributed by atoms with van der Waals surface area (Å²) in [6.45, 7) is 12.0. The molecule has 4 heteroatoms. The van der Waals surface area contributed by atoms with Crippen LogP contribution in [0.1, 0.15) is 51.1 Å². The fourth-order valence-corrected chi connectivity index (χ4v) is 3.19. The third kappa shape index (κ3) is 3.69. The van der Waals surface area contributed by atoms with Gasteiger partial charge >= 0.3 is 0 Å². The van der Waals surface area contributed by atoms with Crippen LogP contribution in [0.3, 0.4) is 0 Å². The van der Waals surface area contributed by atoms with Crippen LogP contribution in [-0.2, 0) is 6.61 Å². The Kier molecular flexibility index (Phi) is 6.09. The number of aliphatic hydroxyl groups excluding tert-OH is 1. The fraction of sp³-hybridized carbons (Fsp3) is 0.786. The predicted molar refractivity (Wildman–Crippen MR) is 79.3 cm³/mol. The summed E-state index contributed by atoms with van der Waals surface area (Å²) in [4.78, 5) is 8.04. The summed E-state index contributed by atoms with van der Waals surface area (Å²) < 4.78 is 0. The van der Waals surface area contributed by atoms with Gasteiger partial charge in [-0.05, 0) is 25.7 Å². The van der Waals surface area contributed by atoms with Gasteiger partial charge in [-0.15, -0.1) is 0 Å². The smallest absolute Gasteiger partial charge is 0.186 e. The highest BCUT2D eigenvalue weighted by molar-refractivity contribution is 7.15. The molecule has 0 bridgehead atoms. The average Bonchev–Trinajstić information content (AvgIpc) is 2.70. The maximum Gasteiger partial charge on any atom is 0.186 e. The molecule has 0 fully saturated rings. The van der Waals surface area contributed by atoms with Crippen molar-refractivity contribution in [2.24, 2.45) is 5.92 Å². The Hall–Kier alpha value is -0.610. The highest BCUT2D eigenvalue weighted by Gasteiger charge is 2.21. The number of nitrogens with zero attached hydrogens (tertiary/aromatic N) is 2. The first kappa shape index (κ1) is 15.4. The molecular weight excluding hydrogens is 244 g/mol. The SMILES string of the molecule is CCC(CC)N(CC(C)C)c1nc(C)c(CO)s1. The molecule has 104 valence electrons. The molecule has 1 aromatic rings. The molecule has 0 atom stereocenters. The molecule has 0 saturated carbocycles. The highest BCUT2D eigenvalue weighted by Crippen LogP contribution is 2.29. The first-order valence-corrected chi connectivity index (χ1v) is 7.68. The Morgan fingerprint density at radius 2 is 1.89 bits per heavy atom. The van der Waals surface area contributed by atoms with Gasteiger partial charge in [0.1, 0.15) is 0 Å². The number of hydrogen-bond donors (Lipinski definition) is 1. The van der Waals surface area contributed by atoms with Crippen LogP contribution in [-0.4, -0.2) is 22.7 Å². The predicted octanol–water partition coefficient (Wildman–Crippen LogP) is 3.59. The van der Waals surface area contributed by atoms with Crippen LogP contribution in [0.25, 0.3) is 0 Å². The van der Waals surface area contributed by atoms with Gasteiger partial charge in [0.05, 0.1) is 17.2 Å². The number of rotatable bonds is 7. The maximum absolute atomic E-state index is 9.30. The van der Waals surface area contributed by atoms with Gasteiger partial charge in [0.2, 0.25) is 0 Å². The molecule has 0 spiro atoms. The monoisotopic (exact) mass is 270 g/mol. The zero-order chi connectivity index (χ0) is 13.7. The Labute approximate surface area is 115 Å². The normalized spacial score (nSPS) is 11.6. The Balaban J connectivity index is 3.00. The van der Waals surface area contributed by atoms with E-state index in [0.29, 0.717) is 12.0 Å². The minimum atomic E-state index is 0.0991. The van der Waals surface area contributed by atoms with Gasteiger partial charge in [-0.1, -0.05) is 39.0 Å². The van der Waals surface area contributed by atoms with Crippen molar-refractivity contribution < 1.29 is 5.11 Å².